The Kier molecular flexibility index (Phi) is 4.76. The van der Waals surface area contributed by atoms with Gasteiger partial charge in [0.25, 0.3) is 5.91 Å². The molecule has 128 valence electrons. The molecular weight excluding hydrogens is 328 g/mol. The molecule has 0 aliphatic carbocycles. The first kappa shape index (κ1) is 16.8. The Morgan fingerprint density at radius 1 is 1.42 bits per heavy atom. The van der Waals surface area contributed by atoms with E-state index < -0.39 is 5.60 Å². The molecule has 7 heteroatoms. The highest BCUT2D eigenvalue weighted by Gasteiger charge is 2.37. The van der Waals surface area contributed by atoms with Crippen molar-refractivity contribution < 1.29 is 9.53 Å². The summed E-state index contributed by atoms with van der Waals surface area (Å²) in [5.74, 6) is 0.554. The van der Waals surface area contributed by atoms with Crippen molar-refractivity contribution in [1.29, 1.82) is 0 Å². The third-order valence-corrected chi connectivity index (χ3v) is 4.41. The third-order valence-electron chi connectivity index (χ3n) is 4.18. The zero-order valence-electron chi connectivity index (χ0n) is 13.9. The SMILES string of the molecule is CC(C)(Oc1cccc(Cl)c1)C(=O)N1CCC[C@@H](n2cncn2)C1. The van der Waals surface area contributed by atoms with Crippen LogP contribution in [-0.4, -0.2) is 44.3 Å². The van der Waals surface area contributed by atoms with Crippen molar-refractivity contribution in [1.82, 2.24) is 19.7 Å². The molecule has 1 aliphatic rings. The predicted octanol–water partition coefficient (Wildman–Crippen LogP) is 2.95. The van der Waals surface area contributed by atoms with Gasteiger partial charge in [0.05, 0.1) is 6.04 Å². The molecular formula is C17H21ClN4O2. The smallest absolute Gasteiger partial charge is 0.266 e. The first-order chi connectivity index (χ1) is 11.5. The number of piperidine rings is 1. The molecule has 0 spiro atoms. The Labute approximate surface area is 146 Å². The maximum atomic E-state index is 12.9. The quantitative estimate of drug-likeness (QED) is 0.852. The number of ether oxygens (including phenoxy) is 1. The van der Waals surface area contributed by atoms with Gasteiger partial charge in [-0.15, -0.1) is 0 Å². The molecule has 0 unspecified atom stereocenters. The normalized spacial score (nSPS) is 18.5. The van der Waals surface area contributed by atoms with E-state index in [1.807, 2.05) is 9.58 Å². The van der Waals surface area contributed by atoms with Crippen LogP contribution in [0.1, 0.15) is 32.7 Å². The Morgan fingerprint density at radius 2 is 2.25 bits per heavy atom. The monoisotopic (exact) mass is 348 g/mol. The van der Waals surface area contributed by atoms with E-state index in [2.05, 4.69) is 10.1 Å². The minimum atomic E-state index is -0.963. The lowest BCUT2D eigenvalue weighted by atomic mass is 10.0. The van der Waals surface area contributed by atoms with Gasteiger partial charge in [0.2, 0.25) is 0 Å². The van der Waals surface area contributed by atoms with E-state index in [9.17, 15) is 4.79 Å². The van der Waals surface area contributed by atoms with Crippen molar-refractivity contribution in [2.24, 2.45) is 0 Å². The molecule has 1 fully saturated rings. The minimum absolute atomic E-state index is 0.0349. The molecule has 0 radical (unpaired) electrons. The molecule has 0 N–H and O–H groups in total. The Hall–Kier alpha value is -2.08. The van der Waals surface area contributed by atoms with E-state index in [0.29, 0.717) is 17.3 Å². The van der Waals surface area contributed by atoms with E-state index in [1.54, 1.807) is 44.4 Å². The van der Waals surface area contributed by atoms with Gasteiger partial charge in [0, 0.05) is 18.1 Å². The van der Waals surface area contributed by atoms with Crippen LogP contribution in [0.25, 0.3) is 0 Å². The van der Waals surface area contributed by atoms with Gasteiger partial charge in [-0.05, 0) is 44.9 Å². The van der Waals surface area contributed by atoms with Gasteiger partial charge in [0.1, 0.15) is 18.4 Å². The van der Waals surface area contributed by atoms with E-state index in [0.717, 1.165) is 19.4 Å². The second kappa shape index (κ2) is 6.81. The molecule has 1 aromatic carbocycles. The molecule has 1 saturated heterocycles. The molecule has 2 heterocycles. The number of nitrogens with zero attached hydrogens (tertiary/aromatic N) is 4. The summed E-state index contributed by atoms with van der Waals surface area (Å²) in [6, 6.07) is 7.25. The average molecular weight is 349 g/mol. The van der Waals surface area contributed by atoms with E-state index >= 15 is 0 Å². The topological polar surface area (TPSA) is 60.2 Å². The summed E-state index contributed by atoms with van der Waals surface area (Å²) in [6.07, 6.45) is 5.14. The van der Waals surface area contributed by atoms with Crippen LogP contribution in [0.5, 0.6) is 5.75 Å². The second-order valence-corrected chi connectivity index (χ2v) is 6.93. The average Bonchev–Trinajstić information content (AvgIpc) is 3.08. The van der Waals surface area contributed by atoms with Gasteiger partial charge in [-0.1, -0.05) is 17.7 Å². The number of amides is 1. The summed E-state index contributed by atoms with van der Waals surface area (Å²) >= 11 is 5.99. The number of halogens is 1. The summed E-state index contributed by atoms with van der Waals surface area (Å²) < 4.78 is 7.74. The van der Waals surface area contributed by atoms with Crippen LogP contribution >= 0.6 is 11.6 Å². The van der Waals surface area contributed by atoms with Gasteiger partial charge >= 0.3 is 0 Å². The Bertz CT molecular complexity index is 702. The number of benzene rings is 1. The van der Waals surface area contributed by atoms with Crippen LogP contribution in [0, 0.1) is 0 Å². The minimum Gasteiger partial charge on any atom is -0.478 e. The van der Waals surface area contributed by atoms with Crippen LogP contribution in [0.2, 0.25) is 5.02 Å². The fraction of sp³-hybridized carbons (Fsp3) is 0.471. The summed E-state index contributed by atoms with van der Waals surface area (Å²) in [5, 5.41) is 4.78. The lowest BCUT2D eigenvalue weighted by molar-refractivity contribution is -0.147. The van der Waals surface area contributed by atoms with Crippen LogP contribution in [-0.2, 0) is 4.79 Å². The number of likely N-dealkylation sites (tertiary alicyclic amines) is 1. The van der Waals surface area contributed by atoms with E-state index in [1.165, 1.54) is 6.33 Å². The maximum absolute atomic E-state index is 12.9. The number of hydrogen-bond donors (Lipinski definition) is 0. The Balaban J connectivity index is 1.69. The van der Waals surface area contributed by atoms with Crippen LogP contribution in [0.4, 0.5) is 0 Å². The van der Waals surface area contributed by atoms with Gasteiger partial charge in [0.15, 0.2) is 5.60 Å². The van der Waals surface area contributed by atoms with Crippen molar-refractivity contribution in [3.8, 4) is 5.75 Å². The molecule has 1 aromatic heterocycles. The summed E-state index contributed by atoms with van der Waals surface area (Å²) in [7, 11) is 0. The largest absolute Gasteiger partial charge is 0.478 e. The first-order valence-electron chi connectivity index (χ1n) is 8.04. The van der Waals surface area contributed by atoms with Crippen LogP contribution in [0.15, 0.2) is 36.9 Å². The first-order valence-corrected chi connectivity index (χ1v) is 8.41. The number of aromatic nitrogens is 3. The van der Waals surface area contributed by atoms with Gasteiger partial charge in [-0.2, -0.15) is 5.10 Å². The van der Waals surface area contributed by atoms with E-state index in [-0.39, 0.29) is 11.9 Å². The second-order valence-electron chi connectivity index (χ2n) is 6.49. The maximum Gasteiger partial charge on any atom is 0.266 e. The summed E-state index contributed by atoms with van der Waals surface area (Å²) in [5.41, 5.74) is -0.963. The van der Waals surface area contributed by atoms with Crippen molar-refractivity contribution >= 4 is 17.5 Å². The molecule has 6 nitrogen and oxygen atoms in total. The molecule has 2 aromatic rings. The van der Waals surface area contributed by atoms with Crippen molar-refractivity contribution in [3.05, 3.63) is 41.9 Å². The fourth-order valence-corrected chi connectivity index (χ4v) is 3.19. The van der Waals surface area contributed by atoms with Gasteiger partial charge in [-0.25, -0.2) is 9.67 Å². The van der Waals surface area contributed by atoms with Gasteiger partial charge in [-0.3, -0.25) is 4.79 Å². The fourth-order valence-electron chi connectivity index (χ4n) is 3.01. The molecule has 1 atom stereocenters. The molecule has 0 bridgehead atoms. The van der Waals surface area contributed by atoms with E-state index in [4.69, 9.17) is 16.3 Å². The van der Waals surface area contributed by atoms with Crippen LogP contribution in [0.3, 0.4) is 0 Å². The lowest BCUT2D eigenvalue weighted by Crippen LogP contribution is -2.52. The number of rotatable bonds is 4. The summed E-state index contributed by atoms with van der Waals surface area (Å²) in [4.78, 5) is 18.8. The molecule has 1 aliphatic heterocycles. The number of hydrogen-bond acceptors (Lipinski definition) is 4. The summed E-state index contributed by atoms with van der Waals surface area (Å²) in [6.45, 7) is 4.92. The zero-order valence-corrected chi connectivity index (χ0v) is 14.6. The Morgan fingerprint density at radius 3 is 2.96 bits per heavy atom. The van der Waals surface area contributed by atoms with Crippen LogP contribution < -0.4 is 4.74 Å². The number of carbonyl (C=O) groups is 1. The van der Waals surface area contributed by atoms with Crippen molar-refractivity contribution in [2.75, 3.05) is 13.1 Å². The molecule has 3 rings (SSSR count). The molecule has 1 amide bonds. The molecule has 24 heavy (non-hydrogen) atoms. The van der Waals surface area contributed by atoms with Crippen molar-refractivity contribution in [3.63, 3.8) is 0 Å². The number of carbonyl (C=O) groups excluding carboxylic acids is 1. The van der Waals surface area contributed by atoms with Crippen molar-refractivity contribution in [2.45, 2.75) is 38.3 Å². The standard InChI is InChI=1S/C17H21ClN4O2/c1-17(2,24-15-7-3-5-13(18)9-15)16(23)21-8-4-6-14(10-21)22-12-19-11-20-22/h3,5,7,9,11-12,14H,4,6,8,10H2,1-2H3/t14-/m1/s1. The highest BCUT2D eigenvalue weighted by atomic mass is 35.5. The highest BCUT2D eigenvalue weighted by molar-refractivity contribution is 6.30. The molecule has 0 saturated carbocycles. The third kappa shape index (κ3) is 3.70. The highest BCUT2D eigenvalue weighted by Crippen LogP contribution is 2.26. The van der Waals surface area contributed by atoms with Gasteiger partial charge < -0.3 is 9.64 Å². The zero-order chi connectivity index (χ0) is 17.2. The lowest BCUT2D eigenvalue weighted by Gasteiger charge is -2.37. The predicted molar refractivity (Wildman–Crippen MR) is 91.0 cm³/mol.